The number of hydrogen-bond acceptors (Lipinski definition) is 4. The van der Waals surface area contributed by atoms with Crippen LogP contribution >= 0.6 is 0 Å². The first-order valence-corrected chi connectivity index (χ1v) is 7.82. The van der Waals surface area contributed by atoms with Crippen molar-refractivity contribution in [2.24, 2.45) is 5.10 Å². The number of benzene rings is 2. The highest BCUT2D eigenvalue weighted by atomic mass is 16.5. The number of para-hydroxylation sites is 2. The molecule has 0 saturated heterocycles. The van der Waals surface area contributed by atoms with Crippen LogP contribution in [0.4, 0.5) is 0 Å². The minimum atomic E-state index is -0.358. The van der Waals surface area contributed by atoms with Gasteiger partial charge in [0, 0.05) is 5.56 Å². The molecular formula is C19H22N2O3. The summed E-state index contributed by atoms with van der Waals surface area (Å²) >= 11 is 0. The van der Waals surface area contributed by atoms with E-state index < -0.39 is 0 Å². The number of hydrogen-bond donors (Lipinski definition) is 2. The van der Waals surface area contributed by atoms with Crippen molar-refractivity contribution in [3.05, 3.63) is 59.7 Å². The molecule has 0 aliphatic carbocycles. The molecule has 0 aromatic heterocycles. The van der Waals surface area contributed by atoms with Gasteiger partial charge in [0.1, 0.15) is 11.5 Å². The molecule has 5 nitrogen and oxygen atoms in total. The van der Waals surface area contributed by atoms with Gasteiger partial charge in [-0.2, -0.15) is 5.10 Å². The van der Waals surface area contributed by atoms with Crippen molar-refractivity contribution >= 4 is 11.6 Å². The third-order valence-electron chi connectivity index (χ3n) is 3.54. The second-order valence-corrected chi connectivity index (χ2v) is 5.73. The van der Waals surface area contributed by atoms with Crippen molar-refractivity contribution in [2.45, 2.75) is 26.7 Å². The molecule has 2 N–H and O–H groups in total. The predicted molar refractivity (Wildman–Crippen MR) is 94.5 cm³/mol. The molecular weight excluding hydrogens is 304 g/mol. The van der Waals surface area contributed by atoms with E-state index in [9.17, 15) is 9.90 Å². The molecule has 0 heterocycles. The first kappa shape index (κ1) is 17.5. The van der Waals surface area contributed by atoms with Crippen molar-refractivity contribution in [1.29, 1.82) is 0 Å². The van der Waals surface area contributed by atoms with Crippen LogP contribution in [-0.4, -0.2) is 23.3 Å². The number of rotatable bonds is 6. The zero-order valence-electron chi connectivity index (χ0n) is 14.1. The first-order chi connectivity index (χ1) is 11.5. The van der Waals surface area contributed by atoms with E-state index in [2.05, 4.69) is 24.4 Å². The molecule has 24 heavy (non-hydrogen) atoms. The van der Waals surface area contributed by atoms with E-state index in [0.717, 1.165) is 5.56 Å². The van der Waals surface area contributed by atoms with E-state index in [4.69, 9.17) is 4.74 Å². The van der Waals surface area contributed by atoms with Gasteiger partial charge in [0.25, 0.3) is 5.91 Å². The fourth-order valence-corrected chi connectivity index (χ4v) is 2.25. The number of ether oxygens (including phenoxy) is 1. The highest BCUT2D eigenvalue weighted by molar-refractivity contribution is 6.01. The fourth-order valence-electron chi connectivity index (χ4n) is 2.25. The maximum atomic E-state index is 11.9. The highest BCUT2D eigenvalue weighted by Gasteiger charge is 2.09. The van der Waals surface area contributed by atoms with Gasteiger partial charge in [-0.15, -0.1) is 0 Å². The molecule has 5 heteroatoms. The van der Waals surface area contributed by atoms with Gasteiger partial charge in [-0.3, -0.25) is 4.79 Å². The summed E-state index contributed by atoms with van der Waals surface area (Å²) in [5, 5.41) is 13.8. The lowest BCUT2D eigenvalue weighted by atomic mass is 10.0. The van der Waals surface area contributed by atoms with Gasteiger partial charge < -0.3 is 9.84 Å². The van der Waals surface area contributed by atoms with Gasteiger partial charge in [-0.1, -0.05) is 44.2 Å². The standard InChI is InChI=1S/C19H22N2O3/c1-13(2)15-8-5-7-11-18(15)24-12-19(23)21-20-14(3)16-9-4-6-10-17(16)22/h4-11,13,22H,12H2,1-3H3,(H,21,23). The Morgan fingerprint density at radius 3 is 2.54 bits per heavy atom. The zero-order chi connectivity index (χ0) is 17.5. The van der Waals surface area contributed by atoms with Gasteiger partial charge >= 0.3 is 0 Å². The number of hydrazone groups is 1. The Hall–Kier alpha value is -2.82. The molecule has 2 aromatic carbocycles. The van der Waals surface area contributed by atoms with Crippen LogP contribution < -0.4 is 10.2 Å². The van der Waals surface area contributed by atoms with Crippen LogP contribution in [0.25, 0.3) is 0 Å². The second kappa shape index (κ2) is 8.15. The average molecular weight is 326 g/mol. The lowest BCUT2D eigenvalue weighted by Crippen LogP contribution is -2.25. The Balaban J connectivity index is 1.95. The summed E-state index contributed by atoms with van der Waals surface area (Å²) in [7, 11) is 0. The van der Waals surface area contributed by atoms with E-state index in [0.29, 0.717) is 22.9 Å². The Labute approximate surface area is 142 Å². The number of carbonyl (C=O) groups is 1. The minimum absolute atomic E-state index is 0.120. The molecule has 0 spiro atoms. The number of aromatic hydroxyl groups is 1. The van der Waals surface area contributed by atoms with Gasteiger partial charge in [0.15, 0.2) is 6.61 Å². The normalized spacial score (nSPS) is 11.4. The number of carbonyl (C=O) groups excluding carboxylic acids is 1. The van der Waals surface area contributed by atoms with Crippen LogP contribution in [0, 0.1) is 0 Å². The van der Waals surface area contributed by atoms with Crippen LogP contribution in [0.5, 0.6) is 11.5 Å². The van der Waals surface area contributed by atoms with Gasteiger partial charge in [-0.05, 0) is 36.6 Å². The van der Waals surface area contributed by atoms with E-state index in [1.54, 1.807) is 31.2 Å². The topological polar surface area (TPSA) is 70.9 Å². The summed E-state index contributed by atoms with van der Waals surface area (Å²) in [6, 6.07) is 14.5. The Kier molecular flexibility index (Phi) is 5.95. The maximum absolute atomic E-state index is 11.9. The molecule has 2 aromatic rings. The van der Waals surface area contributed by atoms with Crippen LogP contribution in [-0.2, 0) is 4.79 Å². The van der Waals surface area contributed by atoms with Crippen LogP contribution in [0.15, 0.2) is 53.6 Å². The molecule has 126 valence electrons. The third-order valence-corrected chi connectivity index (χ3v) is 3.54. The minimum Gasteiger partial charge on any atom is -0.507 e. The van der Waals surface area contributed by atoms with Crippen molar-refractivity contribution < 1.29 is 14.6 Å². The molecule has 1 amide bonds. The van der Waals surface area contributed by atoms with E-state index in [-0.39, 0.29) is 18.3 Å². The van der Waals surface area contributed by atoms with Crippen molar-refractivity contribution in [3.63, 3.8) is 0 Å². The lowest BCUT2D eigenvalue weighted by Gasteiger charge is -2.13. The average Bonchev–Trinajstić information content (AvgIpc) is 2.58. The van der Waals surface area contributed by atoms with Crippen molar-refractivity contribution in [2.75, 3.05) is 6.61 Å². The molecule has 0 bridgehead atoms. The van der Waals surface area contributed by atoms with Gasteiger partial charge in [0.05, 0.1) is 5.71 Å². The summed E-state index contributed by atoms with van der Waals surface area (Å²) < 4.78 is 5.59. The Morgan fingerprint density at radius 2 is 1.83 bits per heavy atom. The Bertz CT molecular complexity index is 739. The second-order valence-electron chi connectivity index (χ2n) is 5.73. The van der Waals surface area contributed by atoms with Gasteiger partial charge in [0.2, 0.25) is 0 Å². The lowest BCUT2D eigenvalue weighted by molar-refractivity contribution is -0.123. The fraction of sp³-hybridized carbons (Fsp3) is 0.263. The molecule has 2 rings (SSSR count). The van der Waals surface area contributed by atoms with E-state index >= 15 is 0 Å². The monoisotopic (exact) mass is 326 g/mol. The maximum Gasteiger partial charge on any atom is 0.277 e. The predicted octanol–water partition coefficient (Wildman–Crippen LogP) is 3.43. The van der Waals surface area contributed by atoms with E-state index in [1.807, 2.05) is 24.3 Å². The number of phenolic OH excluding ortho intramolecular Hbond substituents is 1. The molecule has 0 aliphatic rings. The molecule has 0 aliphatic heterocycles. The van der Waals surface area contributed by atoms with Crippen molar-refractivity contribution in [1.82, 2.24) is 5.43 Å². The summed E-state index contributed by atoms with van der Waals surface area (Å²) in [5.74, 6) is 0.771. The van der Waals surface area contributed by atoms with Gasteiger partial charge in [-0.25, -0.2) is 5.43 Å². The molecule has 0 fully saturated rings. The number of nitrogens with zero attached hydrogens (tertiary/aromatic N) is 1. The molecule has 0 saturated carbocycles. The van der Waals surface area contributed by atoms with Crippen molar-refractivity contribution in [3.8, 4) is 11.5 Å². The number of phenols is 1. The largest absolute Gasteiger partial charge is 0.507 e. The molecule has 0 radical (unpaired) electrons. The third kappa shape index (κ3) is 4.59. The SMILES string of the molecule is CC(=NNC(=O)COc1ccccc1C(C)C)c1ccccc1O. The summed E-state index contributed by atoms with van der Waals surface area (Å²) in [6.07, 6.45) is 0. The summed E-state index contributed by atoms with van der Waals surface area (Å²) in [5.41, 5.74) is 4.59. The smallest absolute Gasteiger partial charge is 0.277 e. The van der Waals surface area contributed by atoms with Crippen LogP contribution in [0.2, 0.25) is 0 Å². The van der Waals surface area contributed by atoms with Crippen LogP contribution in [0.1, 0.15) is 37.8 Å². The molecule has 0 atom stereocenters. The molecule has 0 unspecified atom stereocenters. The quantitative estimate of drug-likeness (QED) is 0.631. The summed E-state index contributed by atoms with van der Waals surface area (Å²) in [4.78, 5) is 11.9. The Morgan fingerprint density at radius 1 is 1.17 bits per heavy atom. The number of nitrogens with one attached hydrogen (secondary N) is 1. The number of amides is 1. The van der Waals surface area contributed by atoms with E-state index in [1.165, 1.54) is 0 Å². The highest BCUT2D eigenvalue weighted by Crippen LogP contribution is 2.25. The zero-order valence-corrected chi connectivity index (χ0v) is 14.1. The van der Waals surface area contributed by atoms with Crippen LogP contribution in [0.3, 0.4) is 0 Å². The first-order valence-electron chi connectivity index (χ1n) is 7.82. The summed E-state index contributed by atoms with van der Waals surface area (Å²) in [6.45, 7) is 5.73.